The minimum atomic E-state index is -3.73. The van der Waals surface area contributed by atoms with Gasteiger partial charge in [0.2, 0.25) is 0 Å². The molecule has 0 unspecified atom stereocenters. The predicted molar refractivity (Wildman–Crippen MR) is 69.9 cm³/mol. The molecule has 10 heteroatoms. The quantitative estimate of drug-likeness (QED) is 0.765. The van der Waals surface area contributed by atoms with Gasteiger partial charge < -0.3 is 5.73 Å². The summed E-state index contributed by atoms with van der Waals surface area (Å²) in [5.41, 5.74) is 5.04. The first kappa shape index (κ1) is 13.1. The lowest BCUT2D eigenvalue weighted by Crippen LogP contribution is -2.13. The predicted octanol–water partition coefficient (Wildman–Crippen LogP) is 1.13. The Morgan fingerprint density at radius 3 is 2.72 bits per heavy atom. The van der Waals surface area contributed by atoms with Crippen molar-refractivity contribution in [2.75, 3.05) is 4.72 Å². The van der Waals surface area contributed by atoms with Gasteiger partial charge in [-0.05, 0) is 15.9 Å². The van der Waals surface area contributed by atoms with Crippen LogP contribution in [-0.2, 0) is 10.0 Å². The third kappa shape index (κ3) is 2.54. The van der Waals surface area contributed by atoms with Crippen LogP contribution in [0.25, 0.3) is 0 Å². The van der Waals surface area contributed by atoms with Gasteiger partial charge in [0.25, 0.3) is 15.9 Å². The fourth-order valence-electron chi connectivity index (χ4n) is 1.15. The molecule has 7 nitrogen and oxygen atoms in total. The zero-order valence-electron chi connectivity index (χ0n) is 8.68. The zero-order valence-corrected chi connectivity index (χ0v) is 11.9. The van der Waals surface area contributed by atoms with Crippen LogP contribution in [0.1, 0.15) is 10.5 Å². The van der Waals surface area contributed by atoms with Crippen LogP contribution in [0.2, 0.25) is 0 Å². The molecule has 0 saturated carbocycles. The molecule has 0 radical (unpaired) electrons. The number of halogens is 1. The van der Waals surface area contributed by atoms with Gasteiger partial charge in [-0.2, -0.15) is 5.10 Å². The molecule has 0 aliphatic rings. The van der Waals surface area contributed by atoms with E-state index in [1.807, 2.05) is 0 Å². The molecule has 0 aliphatic carbocycles. The molecule has 96 valence electrons. The van der Waals surface area contributed by atoms with Crippen LogP contribution >= 0.6 is 27.3 Å². The normalized spacial score (nSPS) is 11.4. The highest BCUT2D eigenvalue weighted by molar-refractivity contribution is 9.10. The van der Waals surface area contributed by atoms with E-state index in [4.69, 9.17) is 5.73 Å². The number of anilines is 1. The lowest BCUT2D eigenvalue weighted by molar-refractivity contribution is 0.0995. The Labute approximate surface area is 115 Å². The summed E-state index contributed by atoms with van der Waals surface area (Å²) in [5, 5.41) is 9.09. The van der Waals surface area contributed by atoms with E-state index in [0.717, 1.165) is 0 Å². The SMILES string of the molecule is NC(=O)c1cc(NS(=O)(=O)c2cscc2Br)n[nH]1. The number of hydrogen-bond donors (Lipinski definition) is 3. The number of hydrogen-bond acceptors (Lipinski definition) is 5. The number of sulfonamides is 1. The maximum absolute atomic E-state index is 12.0. The first-order valence-electron chi connectivity index (χ1n) is 4.50. The van der Waals surface area contributed by atoms with Gasteiger partial charge in [0.05, 0.1) is 0 Å². The van der Waals surface area contributed by atoms with Crippen LogP contribution in [-0.4, -0.2) is 24.5 Å². The number of H-pyrrole nitrogens is 1. The van der Waals surface area contributed by atoms with Crippen molar-refractivity contribution >= 4 is 49.0 Å². The summed E-state index contributed by atoms with van der Waals surface area (Å²) in [6.07, 6.45) is 0. The number of carbonyl (C=O) groups is 1. The Morgan fingerprint density at radius 1 is 1.50 bits per heavy atom. The number of nitrogens with two attached hydrogens (primary N) is 1. The fourth-order valence-corrected chi connectivity index (χ4v) is 4.50. The van der Waals surface area contributed by atoms with Crippen LogP contribution in [0.5, 0.6) is 0 Å². The molecular formula is C8H7BrN4O3S2. The molecule has 0 saturated heterocycles. The van der Waals surface area contributed by atoms with Gasteiger partial charge in [-0.3, -0.25) is 14.6 Å². The smallest absolute Gasteiger partial charge is 0.266 e. The Hall–Kier alpha value is -1.39. The van der Waals surface area contributed by atoms with E-state index in [1.54, 1.807) is 5.38 Å². The molecule has 0 bridgehead atoms. The lowest BCUT2D eigenvalue weighted by Gasteiger charge is -2.03. The van der Waals surface area contributed by atoms with Crippen molar-refractivity contribution < 1.29 is 13.2 Å². The van der Waals surface area contributed by atoms with E-state index in [1.165, 1.54) is 22.8 Å². The first-order valence-corrected chi connectivity index (χ1v) is 7.72. The number of nitrogens with one attached hydrogen (secondary N) is 2. The monoisotopic (exact) mass is 350 g/mol. The van der Waals surface area contributed by atoms with Crippen molar-refractivity contribution in [1.82, 2.24) is 10.2 Å². The molecular weight excluding hydrogens is 344 g/mol. The molecule has 0 fully saturated rings. The molecule has 2 aromatic rings. The lowest BCUT2D eigenvalue weighted by atomic mass is 10.4. The number of primary amides is 1. The van der Waals surface area contributed by atoms with Gasteiger partial charge in [0.1, 0.15) is 10.6 Å². The molecule has 1 amide bonds. The summed E-state index contributed by atoms with van der Waals surface area (Å²) < 4.78 is 26.6. The summed E-state index contributed by atoms with van der Waals surface area (Å²) in [5.74, 6) is -0.716. The van der Waals surface area contributed by atoms with E-state index in [0.29, 0.717) is 4.47 Å². The third-order valence-electron chi connectivity index (χ3n) is 1.95. The maximum atomic E-state index is 12.0. The molecule has 0 spiro atoms. The van der Waals surface area contributed by atoms with Gasteiger partial charge in [0, 0.05) is 21.3 Å². The Bertz CT molecular complexity index is 691. The van der Waals surface area contributed by atoms with Crippen molar-refractivity contribution in [3.05, 3.63) is 27.0 Å². The van der Waals surface area contributed by atoms with Gasteiger partial charge in [-0.25, -0.2) is 8.42 Å². The van der Waals surface area contributed by atoms with E-state index in [9.17, 15) is 13.2 Å². The molecule has 0 atom stereocenters. The van der Waals surface area contributed by atoms with E-state index in [2.05, 4.69) is 30.8 Å². The highest BCUT2D eigenvalue weighted by Gasteiger charge is 2.20. The second-order valence-electron chi connectivity index (χ2n) is 3.22. The summed E-state index contributed by atoms with van der Waals surface area (Å²) >= 11 is 4.38. The standard InChI is InChI=1S/C8H7BrN4O3S2/c9-4-2-17-3-6(4)18(15,16)13-7-1-5(8(10)14)11-12-7/h1-3H,(H2,10,14)(H2,11,12,13). The molecule has 2 rings (SSSR count). The van der Waals surface area contributed by atoms with Crippen LogP contribution in [0, 0.1) is 0 Å². The van der Waals surface area contributed by atoms with Crippen molar-refractivity contribution in [2.24, 2.45) is 5.73 Å². The highest BCUT2D eigenvalue weighted by atomic mass is 79.9. The van der Waals surface area contributed by atoms with Gasteiger partial charge >= 0.3 is 0 Å². The largest absolute Gasteiger partial charge is 0.364 e. The van der Waals surface area contributed by atoms with Gasteiger partial charge in [-0.15, -0.1) is 11.3 Å². The average Bonchev–Trinajstić information content (AvgIpc) is 2.86. The Kier molecular flexibility index (Phi) is 3.41. The average molecular weight is 351 g/mol. The van der Waals surface area contributed by atoms with Gasteiger partial charge in [0.15, 0.2) is 5.82 Å². The first-order chi connectivity index (χ1) is 8.40. The summed E-state index contributed by atoms with van der Waals surface area (Å²) in [7, 11) is -3.73. The van der Waals surface area contributed by atoms with Crippen LogP contribution in [0.15, 0.2) is 26.2 Å². The summed E-state index contributed by atoms with van der Waals surface area (Å²) in [4.78, 5) is 10.9. The second-order valence-corrected chi connectivity index (χ2v) is 6.47. The number of aromatic amines is 1. The maximum Gasteiger partial charge on any atom is 0.266 e. The Balaban J connectivity index is 2.28. The number of nitrogens with zero attached hydrogens (tertiary/aromatic N) is 1. The van der Waals surface area contributed by atoms with Crippen molar-refractivity contribution in [3.8, 4) is 0 Å². The summed E-state index contributed by atoms with van der Waals surface area (Å²) in [6.45, 7) is 0. The van der Waals surface area contributed by atoms with E-state index in [-0.39, 0.29) is 16.4 Å². The van der Waals surface area contributed by atoms with Crippen molar-refractivity contribution in [1.29, 1.82) is 0 Å². The highest BCUT2D eigenvalue weighted by Crippen LogP contribution is 2.27. The molecule has 2 heterocycles. The van der Waals surface area contributed by atoms with Crippen LogP contribution in [0.3, 0.4) is 0 Å². The molecule has 4 N–H and O–H groups in total. The van der Waals surface area contributed by atoms with Crippen LogP contribution < -0.4 is 10.5 Å². The number of carbonyl (C=O) groups excluding carboxylic acids is 1. The van der Waals surface area contributed by atoms with E-state index < -0.39 is 15.9 Å². The minimum Gasteiger partial charge on any atom is -0.364 e. The van der Waals surface area contributed by atoms with Crippen molar-refractivity contribution in [2.45, 2.75) is 4.90 Å². The third-order valence-corrected chi connectivity index (χ3v) is 5.46. The number of rotatable bonds is 4. The molecule has 18 heavy (non-hydrogen) atoms. The van der Waals surface area contributed by atoms with Crippen molar-refractivity contribution in [3.63, 3.8) is 0 Å². The van der Waals surface area contributed by atoms with Crippen LogP contribution in [0.4, 0.5) is 5.82 Å². The van der Waals surface area contributed by atoms with E-state index >= 15 is 0 Å². The fraction of sp³-hybridized carbons (Fsp3) is 0. The minimum absolute atomic E-state index is 0.00176. The number of thiophene rings is 1. The number of aromatic nitrogens is 2. The Morgan fingerprint density at radius 2 is 2.22 bits per heavy atom. The topological polar surface area (TPSA) is 118 Å². The number of amides is 1. The molecule has 2 aromatic heterocycles. The summed E-state index contributed by atoms with van der Waals surface area (Å²) in [6, 6.07) is 1.22. The van der Waals surface area contributed by atoms with Gasteiger partial charge in [-0.1, -0.05) is 0 Å². The molecule has 0 aromatic carbocycles. The second kappa shape index (κ2) is 4.71. The molecule has 0 aliphatic heterocycles. The zero-order chi connectivity index (χ0) is 13.3.